The van der Waals surface area contributed by atoms with E-state index in [0.717, 1.165) is 34.3 Å². The molecule has 0 saturated carbocycles. The monoisotopic (exact) mass is 502 g/mol. The van der Waals surface area contributed by atoms with Crippen LogP contribution in [0.3, 0.4) is 0 Å². The second-order valence-corrected chi connectivity index (χ2v) is 9.23. The van der Waals surface area contributed by atoms with Crippen molar-refractivity contribution in [1.82, 2.24) is 15.3 Å². The van der Waals surface area contributed by atoms with Gasteiger partial charge in [0.25, 0.3) is 0 Å². The topological polar surface area (TPSA) is 85.4 Å². The van der Waals surface area contributed by atoms with Gasteiger partial charge in [0, 0.05) is 18.5 Å². The molecule has 0 atom stereocenters. The van der Waals surface area contributed by atoms with Crippen LogP contribution in [0.25, 0.3) is 10.9 Å². The SMILES string of the molecule is COc1ccc(CCNc2nc(SCC(=O)NCc3ccc(C)cc3)nc3ccccc23)cc1OC. The predicted molar refractivity (Wildman–Crippen MR) is 145 cm³/mol. The van der Waals surface area contributed by atoms with Crippen LogP contribution in [0, 0.1) is 6.92 Å². The van der Waals surface area contributed by atoms with Gasteiger partial charge in [-0.1, -0.05) is 59.8 Å². The largest absolute Gasteiger partial charge is 0.493 e. The Hall–Kier alpha value is -3.78. The fraction of sp³-hybridized carbons (Fsp3) is 0.250. The van der Waals surface area contributed by atoms with Crippen LogP contribution in [-0.4, -0.2) is 42.4 Å². The first kappa shape index (κ1) is 25.3. The second-order valence-electron chi connectivity index (χ2n) is 8.29. The highest BCUT2D eigenvalue weighted by atomic mass is 32.2. The number of thioether (sulfide) groups is 1. The van der Waals surface area contributed by atoms with E-state index in [1.54, 1.807) is 14.2 Å². The van der Waals surface area contributed by atoms with Crippen LogP contribution in [-0.2, 0) is 17.8 Å². The molecule has 7 nitrogen and oxygen atoms in total. The molecule has 1 amide bonds. The summed E-state index contributed by atoms with van der Waals surface area (Å²) in [6.07, 6.45) is 0.780. The average molecular weight is 503 g/mol. The molecule has 1 heterocycles. The zero-order chi connectivity index (χ0) is 25.3. The number of carbonyl (C=O) groups excluding carboxylic acids is 1. The van der Waals surface area contributed by atoms with Gasteiger partial charge in [-0.2, -0.15) is 0 Å². The molecule has 8 heteroatoms. The first-order valence-electron chi connectivity index (χ1n) is 11.7. The van der Waals surface area contributed by atoms with E-state index in [2.05, 4.69) is 15.6 Å². The Bertz CT molecular complexity index is 1330. The quantitative estimate of drug-likeness (QED) is 0.220. The summed E-state index contributed by atoms with van der Waals surface area (Å²) in [5.41, 5.74) is 4.23. The average Bonchev–Trinajstić information content (AvgIpc) is 2.91. The number of ether oxygens (including phenoxy) is 2. The minimum atomic E-state index is -0.0553. The van der Waals surface area contributed by atoms with E-state index in [0.29, 0.717) is 29.7 Å². The molecule has 4 rings (SSSR count). The summed E-state index contributed by atoms with van der Waals surface area (Å²) in [6.45, 7) is 3.22. The van der Waals surface area contributed by atoms with Crippen LogP contribution in [0.1, 0.15) is 16.7 Å². The van der Waals surface area contributed by atoms with Gasteiger partial charge in [-0.15, -0.1) is 0 Å². The van der Waals surface area contributed by atoms with Gasteiger partial charge >= 0.3 is 0 Å². The Morgan fingerprint density at radius 2 is 1.67 bits per heavy atom. The summed E-state index contributed by atoms with van der Waals surface area (Å²) in [5, 5.41) is 7.91. The van der Waals surface area contributed by atoms with Crippen LogP contribution in [0.15, 0.2) is 71.9 Å². The van der Waals surface area contributed by atoms with Gasteiger partial charge in [-0.3, -0.25) is 4.79 Å². The number of nitrogens with zero attached hydrogens (tertiary/aromatic N) is 2. The van der Waals surface area contributed by atoms with Crippen LogP contribution in [0.2, 0.25) is 0 Å². The van der Waals surface area contributed by atoms with Gasteiger partial charge in [0.2, 0.25) is 5.91 Å². The highest BCUT2D eigenvalue weighted by Crippen LogP contribution is 2.28. The van der Waals surface area contributed by atoms with Crippen molar-refractivity contribution in [3.8, 4) is 11.5 Å². The molecule has 0 aliphatic rings. The standard InChI is InChI=1S/C28H30N4O3S/c1-19-8-10-21(11-9-19)17-30-26(33)18-36-28-31-23-7-5-4-6-22(23)27(32-28)29-15-14-20-12-13-24(34-2)25(16-20)35-3/h4-13,16H,14-15,17-18H2,1-3H3,(H,30,33)(H,29,31,32). The smallest absolute Gasteiger partial charge is 0.230 e. The zero-order valence-corrected chi connectivity index (χ0v) is 21.5. The minimum absolute atomic E-state index is 0.0553. The van der Waals surface area contributed by atoms with Crippen LogP contribution < -0.4 is 20.1 Å². The summed E-state index contributed by atoms with van der Waals surface area (Å²) in [5.74, 6) is 2.36. The first-order chi connectivity index (χ1) is 17.6. The van der Waals surface area contributed by atoms with Gasteiger partial charge in [-0.05, 0) is 48.7 Å². The third-order valence-electron chi connectivity index (χ3n) is 5.68. The first-order valence-corrected chi connectivity index (χ1v) is 12.7. The molecule has 4 aromatic rings. The molecule has 186 valence electrons. The molecular formula is C28H30N4O3S. The molecule has 0 spiro atoms. The van der Waals surface area contributed by atoms with Crippen molar-refractivity contribution in [3.63, 3.8) is 0 Å². The number of anilines is 1. The molecule has 0 bridgehead atoms. The maximum atomic E-state index is 12.4. The van der Waals surface area contributed by atoms with Crippen molar-refractivity contribution >= 4 is 34.4 Å². The Balaban J connectivity index is 1.38. The van der Waals surface area contributed by atoms with Gasteiger partial charge < -0.3 is 20.1 Å². The number of amides is 1. The molecule has 0 aliphatic carbocycles. The van der Waals surface area contributed by atoms with Crippen LogP contribution >= 0.6 is 11.8 Å². The molecule has 0 saturated heterocycles. The Morgan fingerprint density at radius 3 is 2.44 bits per heavy atom. The lowest BCUT2D eigenvalue weighted by Crippen LogP contribution is -2.24. The number of aromatic nitrogens is 2. The number of nitrogens with one attached hydrogen (secondary N) is 2. The van der Waals surface area contributed by atoms with Gasteiger partial charge in [0.05, 0.1) is 25.5 Å². The minimum Gasteiger partial charge on any atom is -0.493 e. The molecule has 2 N–H and O–H groups in total. The van der Waals surface area contributed by atoms with E-state index >= 15 is 0 Å². The van der Waals surface area contributed by atoms with Crippen molar-refractivity contribution in [2.75, 3.05) is 31.8 Å². The summed E-state index contributed by atoms with van der Waals surface area (Å²) in [7, 11) is 3.26. The maximum absolute atomic E-state index is 12.4. The van der Waals surface area contributed by atoms with E-state index in [1.165, 1.54) is 17.3 Å². The molecular weight excluding hydrogens is 472 g/mol. The molecule has 0 fully saturated rings. The molecule has 0 unspecified atom stereocenters. The molecule has 3 aromatic carbocycles. The maximum Gasteiger partial charge on any atom is 0.230 e. The van der Waals surface area contributed by atoms with E-state index in [1.807, 2.05) is 73.7 Å². The molecule has 0 aliphatic heterocycles. The number of rotatable bonds is 11. The van der Waals surface area contributed by atoms with Crippen LogP contribution in [0.5, 0.6) is 11.5 Å². The third-order valence-corrected chi connectivity index (χ3v) is 6.53. The highest BCUT2D eigenvalue weighted by Gasteiger charge is 2.11. The fourth-order valence-electron chi connectivity index (χ4n) is 3.70. The Morgan fingerprint density at radius 1 is 0.917 bits per heavy atom. The summed E-state index contributed by atoms with van der Waals surface area (Å²) >= 11 is 1.33. The van der Waals surface area contributed by atoms with E-state index in [-0.39, 0.29) is 11.7 Å². The second kappa shape index (κ2) is 12.3. The number of methoxy groups -OCH3 is 2. The lowest BCUT2D eigenvalue weighted by atomic mass is 10.1. The normalized spacial score (nSPS) is 10.8. The molecule has 1 aromatic heterocycles. The third kappa shape index (κ3) is 6.66. The van der Waals surface area contributed by atoms with E-state index < -0.39 is 0 Å². The van der Waals surface area contributed by atoms with Crippen molar-refractivity contribution in [2.24, 2.45) is 0 Å². The number of para-hydroxylation sites is 1. The predicted octanol–water partition coefficient (Wildman–Crippen LogP) is 5.02. The summed E-state index contributed by atoms with van der Waals surface area (Å²) in [6, 6.07) is 21.9. The number of hydrogen-bond donors (Lipinski definition) is 2. The van der Waals surface area contributed by atoms with E-state index in [9.17, 15) is 4.79 Å². The lowest BCUT2D eigenvalue weighted by molar-refractivity contribution is -0.118. The zero-order valence-electron chi connectivity index (χ0n) is 20.7. The number of fused-ring (bicyclic) bond motifs is 1. The van der Waals surface area contributed by atoms with Gasteiger partial charge in [-0.25, -0.2) is 9.97 Å². The molecule has 36 heavy (non-hydrogen) atoms. The summed E-state index contributed by atoms with van der Waals surface area (Å²) < 4.78 is 10.7. The highest BCUT2D eigenvalue weighted by molar-refractivity contribution is 7.99. The number of hydrogen-bond acceptors (Lipinski definition) is 7. The van der Waals surface area contributed by atoms with Crippen molar-refractivity contribution in [2.45, 2.75) is 25.0 Å². The van der Waals surface area contributed by atoms with E-state index in [4.69, 9.17) is 14.5 Å². The number of carbonyl (C=O) groups is 1. The number of aryl methyl sites for hydroxylation is 1. The molecule has 0 radical (unpaired) electrons. The Kier molecular flexibility index (Phi) is 8.62. The van der Waals surface area contributed by atoms with Crippen molar-refractivity contribution in [3.05, 3.63) is 83.4 Å². The van der Waals surface area contributed by atoms with Gasteiger partial charge in [0.15, 0.2) is 16.7 Å². The lowest BCUT2D eigenvalue weighted by Gasteiger charge is -2.12. The Labute approximate surface area is 215 Å². The number of benzene rings is 3. The van der Waals surface area contributed by atoms with Crippen molar-refractivity contribution in [1.29, 1.82) is 0 Å². The van der Waals surface area contributed by atoms with Crippen LogP contribution in [0.4, 0.5) is 5.82 Å². The fourth-order valence-corrected chi connectivity index (χ4v) is 4.38. The van der Waals surface area contributed by atoms with Crippen molar-refractivity contribution < 1.29 is 14.3 Å². The summed E-state index contributed by atoms with van der Waals surface area (Å²) in [4.78, 5) is 21.8. The van der Waals surface area contributed by atoms with Gasteiger partial charge in [0.1, 0.15) is 5.82 Å².